The molecule has 0 bridgehead atoms. The molecule has 0 aliphatic rings. The third-order valence-corrected chi connectivity index (χ3v) is 3.54. The van der Waals surface area contributed by atoms with Gasteiger partial charge in [0.2, 0.25) is 0 Å². The first-order valence-corrected chi connectivity index (χ1v) is 7.01. The number of benzene rings is 1. The number of hydrogen-bond donors (Lipinski definition) is 0. The van der Waals surface area contributed by atoms with E-state index in [4.69, 9.17) is 4.74 Å². The van der Waals surface area contributed by atoms with E-state index in [1.165, 1.54) is 5.52 Å². The number of rotatable bonds is 6. The maximum atomic E-state index is 5.34. The first-order chi connectivity index (χ1) is 8.36. The SMILES string of the molecule is CCOCCSc1nc2ccccc2n1CC. The Morgan fingerprint density at radius 1 is 1.29 bits per heavy atom. The largest absolute Gasteiger partial charge is 0.381 e. The summed E-state index contributed by atoms with van der Waals surface area (Å²) in [6.45, 7) is 6.70. The van der Waals surface area contributed by atoms with Crippen LogP contribution >= 0.6 is 11.8 Å². The van der Waals surface area contributed by atoms with Crippen molar-refractivity contribution in [1.82, 2.24) is 9.55 Å². The highest BCUT2D eigenvalue weighted by Crippen LogP contribution is 2.23. The highest BCUT2D eigenvalue weighted by molar-refractivity contribution is 7.99. The van der Waals surface area contributed by atoms with Gasteiger partial charge < -0.3 is 9.30 Å². The maximum absolute atomic E-state index is 5.34. The zero-order valence-corrected chi connectivity index (χ0v) is 11.2. The molecule has 0 amide bonds. The van der Waals surface area contributed by atoms with Gasteiger partial charge in [-0.15, -0.1) is 0 Å². The van der Waals surface area contributed by atoms with E-state index in [-0.39, 0.29) is 0 Å². The molecular formula is C13H18N2OS. The highest BCUT2D eigenvalue weighted by atomic mass is 32.2. The topological polar surface area (TPSA) is 27.1 Å². The van der Waals surface area contributed by atoms with Gasteiger partial charge in [0.05, 0.1) is 17.6 Å². The van der Waals surface area contributed by atoms with Gasteiger partial charge in [-0.3, -0.25) is 0 Å². The van der Waals surface area contributed by atoms with E-state index in [2.05, 4.69) is 34.7 Å². The van der Waals surface area contributed by atoms with Crippen LogP contribution in [0.15, 0.2) is 29.4 Å². The molecule has 0 saturated heterocycles. The molecule has 0 atom stereocenters. The Morgan fingerprint density at radius 3 is 2.88 bits per heavy atom. The predicted octanol–water partition coefficient (Wildman–Crippen LogP) is 3.18. The van der Waals surface area contributed by atoms with E-state index in [0.29, 0.717) is 0 Å². The summed E-state index contributed by atoms with van der Waals surface area (Å²) in [6, 6.07) is 8.28. The molecular weight excluding hydrogens is 232 g/mol. The summed E-state index contributed by atoms with van der Waals surface area (Å²) < 4.78 is 7.60. The van der Waals surface area contributed by atoms with Crippen molar-refractivity contribution in [3.63, 3.8) is 0 Å². The van der Waals surface area contributed by atoms with Crippen molar-refractivity contribution in [2.75, 3.05) is 19.0 Å². The molecule has 0 spiro atoms. The van der Waals surface area contributed by atoms with Gasteiger partial charge >= 0.3 is 0 Å². The monoisotopic (exact) mass is 250 g/mol. The molecule has 0 unspecified atom stereocenters. The highest BCUT2D eigenvalue weighted by Gasteiger charge is 2.08. The molecule has 0 radical (unpaired) electrons. The van der Waals surface area contributed by atoms with E-state index >= 15 is 0 Å². The van der Waals surface area contributed by atoms with Crippen LogP contribution in [0.2, 0.25) is 0 Å². The molecule has 1 aromatic heterocycles. The van der Waals surface area contributed by atoms with E-state index in [1.54, 1.807) is 11.8 Å². The number of thioether (sulfide) groups is 1. The van der Waals surface area contributed by atoms with Crippen molar-refractivity contribution >= 4 is 22.8 Å². The van der Waals surface area contributed by atoms with Gasteiger partial charge in [-0.1, -0.05) is 23.9 Å². The molecule has 0 aliphatic heterocycles. The Labute approximate surface area is 106 Å². The normalized spacial score (nSPS) is 11.2. The van der Waals surface area contributed by atoms with E-state index in [0.717, 1.165) is 36.2 Å². The molecule has 2 rings (SSSR count). The smallest absolute Gasteiger partial charge is 0.169 e. The standard InChI is InChI=1S/C13H18N2OS/c1-3-15-12-8-6-5-7-11(12)14-13(15)17-10-9-16-4-2/h5-8H,3-4,9-10H2,1-2H3. The van der Waals surface area contributed by atoms with Crippen LogP contribution in [-0.2, 0) is 11.3 Å². The number of aromatic nitrogens is 2. The number of hydrogen-bond acceptors (Lipinski definition) is 3. The van der Waals surface area contributed by atoms with Gasteiger partial charge in [-0.05, 0) is 26.0 Å². The number of nitrogens with zero attached hydrogens (tertiary/aromatic N) is 2. The average Bonchev–Trinajstić information content (AvgIpc) is 2.72. The van der Waals surface area contributed by atoms with E-state index in [9.17, 15) is 0 Å². The summed E-state index contributed by atoms with van der Waals surface area (Å²) in [5.74, 6) is 0.956. The molecule has 2 aromatic rings. The summed E-state index contributed by atoms with van der Waals surface area (Å²) in [7, 11) is 0. The summed E-state index contributed by atoms with van der Waals surface area (Å²) in [6.07, 6.45) is 0. The van der Waals surface area contributed by atoms with Crippen LogP contribution in [-0.4, -0.2) is 28.5 Å². The lowest BCUT2D eigenvalue weighted by Crippen LogP contribution is -2.00. The molecule has 4 heteroatoms. The van der Waals surface area contributed by atoms with Crippen LogP contribution in [0.25, 0.3) is 11.0 Å². The minimum absolute atomic E-state index is 0.782. The van der Waals surface area contributed by atoms with Crippen LogP contribution in [0.4, 0.5) is 0 Å². The molecule has 17 heavy (non-hydrogen) atoms. The zero-order valence-electron chi connectivity index (χ0n) is 10.3. The lowest BCUT2D eigenvalue weighted by molar-refractivity contribution is 0.164. The summed E-state index contributed by atoms with van der Waals surface area (Å²) in [5, 5.41) is 1.09. The van der Waals surface area contributed by atoms with Crippen molar-refractivity contribution in [1.29, 1.82) is 0 Å². The number of ether oxygens (including phenoxy) is 1. The van der Waals surface area contributed by atoms with Crippen molar-refractivity contribution in [2.24, 2.45) is 0 Å². The van der Waals surface area contributed by atoms with Crippen LogP contribution in [0.5, 0.6) is 0 Å². The lowest BCUT2D eigenvalue weighted by Gasteiger charge is -2.05. The Bertz CT molecular complexity index is 481. The minimum Gasteiger partial charge on any atom is -0.381 e. The average molecular weight is 250 g/mol. The van der Waals surface area contributed by atoms with Gasteiger partial charge in [0, 0.05) is 18.9 Å². The van der Waals surface area contributed by atoms with Gasteiger partial charge in [0.1, 0.15) is 0 Å². The summed E-state index contributed by atoms with van der Waals surface area (Å²) in [5.41, 5.74) is 2.29. The molecule has 0 fully saturated rings. The Balaban J connectivity index is 2.15. The van der Waals surface area contributed by atoms with Gasteiger partial charge in [-0.2, -0.15) is 0 Å². The van der Waals surface area contributed by atoms with E-state index < -0.39 is 0 Å². The quantitative estimate of drug-likeness (QED) is 0.582. The van der Waals surface area contributed by atoms with Gasteiger partial charge in [0.15, 0.2) is 5.16 Å². The molecule has 3 nitrogen and oxygen atoms in total. The molecule has 1 aromatic carbocycles. The van der Waals surface area contributed by atoms with E-state index in [1.807, 2.05) is 13.0 Å². The van der Waals surface area contributed by atoms with Gasteiger partial charge in [-0.25, -0.2) is 4.98 Å². The van der Waals surface area contributed by atoms with Crippen LogP contribution in [0.1, 0.15) is 13.8 Å². The number of imidazole rings is 1. The molecule has 0 saturated carbocycles. The first kappa shape index (κ1) is 12.5. The maximum Gasteiger partial charge on any atom is 0.169 e. The summed E-state index contributed by atoms with van der Waals surface area (Å²) >= 11 is 1.76. The van der Waals surface area contributed by atoms with Crippen molar-refractivity contribution < 1.29 is 4.74 Å². The number of para-hydroxylation sites is 2. The first-order valence-electron chi connectivity index (χ1n) is 6.02. The lowest BCUT2D eigenvalue weighted by atomic mass is 10.3. The molecule has 0 aliphatic carbocycles. The number of aryl methyl sites for hydroxylation is 1. The second-order valence-corrected chi connectivity index (χ2v) is 4.73. The van der Waals surface area contributed by atoms with Crippen LogP contribution in [0.3, 0.4) is 0 Å². The van der Waals surface area contributed by atoms with Gasteiger partial charge in [0.25, 0.3) is 0 Å². The molecule has 1 heterocycles. The van der Waals surface area contributed by atoms with Crippen molar-refractivity contribution in [3.8, 4) is 0 Å². The fraction of sp³-hybridized carbons (Fsp3) is 0.462. The molecule has 0 N–H and O–H groups in total. The molecule has 92 valence electrons. The Kier molecular flexibility index (Phi) is 4.45. The zero-order chi connectivity index (χ0) is 12.1. The van der Waals surface area contributed by atoms with Crippen LogP contribution in [0, 0.1) is 0 Å². The minimum atomic E-state index is 0.782. The summed E-state index contributed by atoms with van der Waals surface area (Å²) in [4.78, 5) is 4.65. The third-order valence-electron chi connectivity index (χ3n) is 2.60. The van der Waals surface area contributed by atoms with Crippen LogP contribution < -0.4 is 0 Å². The fourth-order valence-corrected chi connectivity index (χ4v) is 2.74. The van der Waals surface area contributed by atoms with Crippen molar-refractivity contribution in [3.05, 3.63) is 24.3 Å². The fourth-order valence-electron chi connectivity index (χ4n) is 1.81. The second-order valence-electron chi connectivity index (χ2n) is 3.67. The third kappa shape index (κ3) is 2.82. The predicted molar refractivity (Wildman–Crippen MR) is 72.6 cm³/mol. The Morgan fingerprint density at radius 2 is 2.12 bits per heavy atom. The second kappa shape index (κ2) is 6.07. The van der Waals surface area contributed by atoms with Crippen molar-refractivity contribution in [2.45, 2.75) is 25.5 Å². The number of fused-ring (bicyclic) bond motifs is 1. The Hall–Kier alpha value is -1.00.